The Hall–Kier alpha value is -0.870. The second-order valence-corrected chi connectivity index (χ2v) is 4.37. The van der Waals surface area contributed by atoms with Crippen molar-refractivity contribution >= 4 is 0 Å². The summed E-state index contributed by atoms with van der Waals surface area (Å²) in [5, 5.41) is 13.4. The van der Waals surface area contributed by atoms with Gasteiger partial charge in [0, 0.05) is 18.7 Å². The van der Waals surface area contributed by atoms with Crippen LogP contribution < -0.4 is 5.73 Å². The maximum Gasteiger partial charge on any atom is 0.0641 e. The number of aliphatic hydroxyl groups excluding tert-OH is 1. The third kappa shape index (κ3) is 2.58. The van der Waals surface area contributed by atoms with Crippen molar-refractivity contribution in [3.05, 3.63) is 18.0 Å². The molecule has 1 aromatic heterocycles. The Bertz CT molecular complexity index is 305. The summed E-state index contributed by atoms with van der Waals surface area (Å²) in [5.41, 5.74) is 6.66. The third-order valence-corrected chi connectivity index (χ3v) is 3.07. The van der Waals surface area contributed by atoms with Gasteiger partial charge in [-0.2, -0.15) is 5.10 Å². The van der Waals surface area contributed by atoms with E-state index < -0.39 is 0 Å². The average Bonchev–Trinajstić information content (AvgIpc) is 2.85. The van der Waals surface area contributed by atoms with Gasteiger partial charge >= 0.3 is 0 Å². The van der Waals surface area contributed by atoms with Crippen LogP contribution in [0.15, 0.2) is 12.3 Å². The fourth-order valence-electron chi connectivity index (χ4n) is 2.19. The molecule has 1 aliphatic rings. The van der Waals surface area contributed by atoms with Gasteiger partial charge < -0.3 is 10.8 Å². The van der Waals surface area contributed by atoms with Gasteiger partial charge in [0.05, 0.1) is 18.3 Å². The van der Waals surface area contributed by atoms with Gasteiger partial charge in [-0.25, -0.2) is 0 Å². The second kappa shape index (κ2) is 4.77. The van der Waals surface area contributed by atoms with Crippen LogP contribution in [-0.2, 0) is 6.42 Å². The molecule has 2 rings (SSSR count). The van der Waals surface area contributed by atoms with E-state index in [0.29, 0.717) is 12.5 Å². The fourth-order valence-corrected chi connectivity index (χ4v) is 2.19. The summed E-state index contributed by atoms with van der Waals surface area (Å²) in [4.78, 5) is 0. The highest BCUT2D eigenvalue weighted by molar-refractivity contribution is 5.02. The molecule has 0 bridgehead atoms. The van der Waals surface area contributed by atoms with Crippen LogP contribution in [0, 0.1) is 0 Å². The van der Waals surface area contributed by atoms with Crippen LogP contribution in [0.4, 0.5) is 0 Å². The van der Waals surface area contributed by atoms with Gasteiger partial charge in [-0.1, -0.05) is 12.8 Å². The SMILES string of the molecule is NC(CO)Cc1ccn(C2CCCC2)n1. The van der Waals surface area contributed by atoms with E-state index in [1.807, 2.05) is 12.3 Å². The van der Waals surface area contributed by atoms with Crippen molar-refractivity contribution < 1.29 is 5.11 Å². The van der Waals surface area contributed by atoms with E-state index in [1.54, 1.807) is 0 Å². The molecule has 0 radical (unpaired) electrons. The Kier molecular flexibility index (Phi) is 3.38. The number of hydrogen-bond acceptors (Lipinski definition) is 3. The van der Waals surface area contributed by atoms with Crippen LogP contribution >= 0.6 is 0 Å². The quantitative estimate of drug-likeness (QED) is 0.773. The van der Waals surface area contributed by atoms with Gasteiger partial charge in [0.15, 0.2) is 0 Å². The van der Waals surface area contributed by atoms with E-state index in [1.165, 1.54) is 25.7 Å². The van der Waals surface area contributed by atoms with Crippen molar-refractivity contribution in [3.8, 4) is 0 Å². The smallest absolute Gasteiger partial charge is 0.0641 e. The summed E-state index contributed by atoms with van der Waals surface area (Å²) in [5.74, 6) is 0. The van der Waals surface area contributed by atoms with Crippen LogP contribution in [0.1, 0.15) is 37.4 Å². The zero-order chi connectivity index (χ0) is 10.7. The lowest BCUT2D eigenvalue weighted by Gasteiger charge is -2.09. The minimum absolute atomic E-state index is 0.0241. The predicted octanol–water partition coefficient (Wildman–Crippen LogP) is 0.860. The summed E-state index contributed by atoms with van der Waals surface area (Å²) in [6.45, 7) is 0.0241. The van der Waals surface area contributed by atoms with E-state index in [4.69, 9.17) is 10.8 Å². The maximum absolute atomic E-state index is 8.85. The largest absolute Gasteiger partial charge is 0.395 e. The lowest BCUT2D eigenvalue weighted by molar-refractivity contribution is 0.264. The number of aromatic nitrogens is 2. The highest BCUT2D eigenvalue weighted by atomic mass is 16.3. The molecule has 4 heteroatoms. The second-order valence-electron chi connectivity index (χ2n) is 4.37. The lowest BCUT2D eigenvalue weighted by atomic mass is 10.2. The van der Waals surface area contributed by atoms with Gasteiger partial charge in [-0.05, 0) is 18.9 Å². The number of rotatable bonds is 4. The summed E-state index contributed by atoms with van der Waals surface area (Å²) < 4.78 is 2.06. The van der Waals surface area contributed by atoms with Crippen LogP contribution in [0.3, 0.4) is 0 Å². The number of hydrogen-bond donors (Lipinski definition) is 2. The molecule has 3 N–H and O–H groups in total. The Morgan fingerprint density at radius 2 is 2.27 bits per heavy atom. The first-order valence-electron chi connectivity index (χ1n) is 5.70. The van der Waals surface area contributed by atoms with E-state index in [2.05, 4.69) is 9.78 Å². The zero-order valence-electron chi connectivity index (χ0n) is 8.97. The van der Waals surface area contributed by atoms with E-state index >= 15 is 0 Å². The molecule has 1 fully saturated rings. The normalized spacial score (nSPS) is 19.6. The number of nitrogens with two attached hydrogens (primary N) is 1. The monoisotopic (exact) mass is 209 g/mol. The zero-order valence-corrected chi connectivity index (χ0v) is 8.97. The molecule has 1 atom stereocenters. The maximum atomic E-state index is 8.85. The highest BCUT2D eigenvalue weighted by Crippen LogP contribution is 2.28. The first-order valence-corrected chi connectivity index (χ1v) is 5.70. The predicted molar refractivity (Wildman–Crippen MR) is 58.5 cm³/mol. The lowest BCUT2D eigenvalue weighted by Crippen LogP contribution is -2.27. The van der Waals surface area contributed by atoms with Crippen molar-refractivity contribution in [3.63, 3.8) is 0 Å². The molecule has 1 heterocycles. The highest BCUT2D eigenvalue weighted by Gasteiger charge is 2.17. The van der Waals surface area contributed by atoms with Crippen LogP contribution in [0.5, 0.6) is 0 Å². The molecule has 1 aromatic rings. The van der Waals surface area contributed by atoms with E-state index in [9.17, 15) is 0 Å². The number of aliphatic hydroxyl groups is 1. The van der Waals surface area contributed by atoms with Crippen molar-refractivity contribution in [1.82, 2.24) is 9.78 Å². The Balaban J connectivity index is 1.97. The van der Waals surface area contributed by atoms with Crippen molar-refractivity contribution in [2.24, 2.45) is 5.73 Å². The Morgan fingerprint density at radius 3 is 2.93 bits per heavy atom. The molecule has 84 valence electrons. The molecule has 0 aliphatic heterocycles. The van der Waals surface area contributed by atoms with Gasteiger partial charge in [-0.15, -0.1) is 0 Å². The van der Waals surface area contributed by atoms with Gasteiger partial charge in [0.25, 0.3) is 0 Å². The molecular weight excluding hydrogens is 190 g/mol. The molecule has 1 aliphatic carbocycles. The fraction of sp³-hybridized carbons (Fsp3) is 0.727. The Morgan fingerprint density at radius 1 is 1.53 bits per heavy atom. The van der Waals surface area contributed by atoms with Crippen LogP contribution in [0.25, 0.3) is 0 Å². The molecule has 0 spiro atoms. The third-order valence-electron chi connectivity index (χ3n) is 3.07. The molecule has 15 heavy (non-hydrogen) atoms. The molecular formula is C11H19N3O. The molecule has 1 saturated carbocycles. The molecule has 4 nitrogen and oxygen atoms in total. The minimum atomic E-state index is -0.183. The van der Waals surface area contributed by atoms with Crippen LogP contribution in [-0.4, -0.2) is 27.5 Å². The standard InChI is InChI=1S/C11H19N3O/c12-9(8-15)7-10-5-6-14(13-10)11-3-1-2-4-11/h5-6,9,11,15H,1-4,7-8,12H2. The molecule has 0 aromatic carbocycles. The summed E-state index contributed by atoms with van der Waals surface area (Å²) in [7, 11) is 0. The first kappa shape index (κ1) is 10.6. The summed E-state index contributed by atoms with van der Waals surface area (Å²) >= 11 is 0. The van der Waals surface area contributed by atoms with Crippen LogP contribution in [0.2, 0.25) is 0 Å². The first-order chi connectivity index (χ1) is 7.29. The van der Waals surface area contributed by atoms with Crippen molar-refractivity contribution in [2.45, 2.75) is 44.2 Å². The summed E-state index contributed by atoms with van der Waals surface area (Å²) in [6.07, 6.45) is 7.82. The van der Waals surface area contributed by atoms with E-state index in [-0.39, 0.29) is 12.6 Å². The Labute approximate surface area is 90.1 Å². The molecule has 0 saturated heterocycles. The molecule has 1 unspecified atom stereocenters. The van der Waals surface area contributed by atoms with Gasteiger partial charge in [-0.3, -0.25) is 4.68 Å². The van der Waals surface area contributed by atoms with Crippen molar-refractivity contribution in [1.29, 1.82) is 0 Å². The topological polar surface area (TPSA) is 64.1 Å². The minimum Gasteiger partial charge on any atom is -0.395 e. The average molecular weight is 209 g/mol. The molecule has 0 amide bonds. The summed E-state index contributed by atoms with van der Waals surface area (Å²) in [6, 6.07) is 2.41. The van der Waals surface area contributed by atoms with Gasteiger partial charge in [0.1, 0.15) is 0 Å². The number of nitrogens with zero attached hydrogens (tertiary/aromatic N) is 2. The van der Waals surface area contributed by atoms with Crippen molar-refractivity contribution in [2.75, 3.05) is 6.61 Å². The van der Waals surface area contributed by atoms with Gasteiger partial charge in [0.2, 0.25) is 0 Å². The van der Waals surface area contributed by atoms with E-state index in [0.717, 1.165) is 5.69 Å².